The topological polar surface area (TPSA) is 86.0 Å². The van der Waals surface area contributed by atoms with Gasteiger partial charge < -0.3 is 9.47 Å². The molecule has 3 aromatic rings. The van der Waals surface area contributed by atoms with Gasteiger partial charge in [-0.2, -0.15) is 5.10 Å². The number of benzene rings is 3. The monoisotopic (exact) mass is 523 g/mol. The predicted molar refractivity (Wildman–Crippen MR) is 126 cm³/mol. The van der Waals surface area contributed by atoms with Gasteiger partial charge in [0.1, 0.15) is 24.7 Å². The Hall–Kier alpha value is -2.81. The number of nitro groups is 1. The van der Waals surface area contributed by atoms with E-state index in [9.17, 15) is 10.1 Å². The Balaban J connectivity index is 1.62. The van der Waals surface area contributed by atoms with Gasteiger partial charge in [0.05, 0.1) is 21.8 Å². The fraction of sp³-hybridized carbons (Fsp3) is 0.0952. The zero-order chi connectivity index (χ0) is 22.2. The highest BCUT2D eigenvalue weighted by Gasteiger charge is 2.10. The van der Waals surface area contributed by atoms with Crippen molar-refractivity contribution < 1.29 is 14.4 Å². The van der Waals surface area contributed by atoms with Gasteiger partial charge in [-0.25, -0.2) is 0 Å². The first-order valence-electron chi connectivity index (χ1n) is 8.96. The summed E-state index contributed by atoms with van der Waals surface area (Å²) in [7, 11) is 0. The van der Waals surface area contributed by atoms with Crippen molar-refractivity contribution in [1.82, 2.24) is 0 Å². The van der Waals surface area contributed by atoms with Gasteiger partial charge in [-0.3, -0.25) is 15.5 Å². The van der Waals surface area contributed by atoms with Crippen molar-refractivity contribution in [2.24, 2.45) is 5.10 Å². The second kappa shape index (κ2) is 11.0. The minimum Gasteiger partial charge on any atom is -0.490 e. The van der Waals surface area contributed by atoms with Gasteiger partial charge in [0.2, 0.25) is 0 Å². The van der Waals surface area contributed by atoms with Crippen LogP contribution in [0.4, 0.5) is 11.4 Å². The molecule has 0 saturated carbocycles. The molecule has 0 heterocycles. The summed E-state index contributed by atoms with van der Waals surface area (Å²) in [5.74, 6) is 1.14. The van der Waals surface area contributed by atoms with Crippen molar-refractivity contribution in [3.05, 3.63) is 90.9 Å². The zero-order valence-corrected chi connectivity index (χ0v) is 19.0. The van der Waals surface area contributed by atoms with Crippen molar-refractivity contribution in [3.63, 3.8) is 0 Å². The predicted octanol–water partition coefficient (Wildman–Crippen LogP) is 6.57. The fourth-order valence-electron chi connectivity index (χ4n) is 2.50. The molecule has 0 bridgehead atoms. The lowest BCUT2D eigenvalue weighted by Crippen LogP contribution is -2.10. The van der Waals surface area contributed by atoms with E-state index in [1.54, 1.807) is 24.3 Å². The van der Waals surface area contributed by atoms with Crippen LogP contribution >= 0.6 is 39.1 Å². The molecule has 0 unspecified atom stereocenters. The van der Waals surface area contributed by atoms with E-state index in [1.807, 2.05) is 24.3 Å². The van der Waals surface area contributed by atoms with E-state index in [0.29, 0.717) is 33.7 Å². The molecule has 0 aliphatic carbocycles. The maximum Gasteiger partial charge on any atom is 0.269 e. The van der Waals surface area contributed by atoms with Gasteiger partial charge in [-0.15, -0.1) is 0 Å². The third-order valence-electron chi connectivity index (χ3n) is 3.92. The summed E-state index contributed by atoms with van der Waals surface area (Å²) in [5, 5.41) is 15.6. The molecule has 0 aromatic heterocycles. The van der Waals surface area contributed by atoms with Crippen LogP contribution in [0.25, 0.3) is 0 Å². The van der Waals surface area contributed by atoms with Crippen LogP contribution in [0.15, 0.2) is 70.2 Å². The summed E-state index contributed by atoms with van der Waals surface area (Å²) in [6.45, 7) is 0.576. The largest absolute Gasteiger partial charge is 0.490 e. The number of halogens is 3. The molecule has 0 saturated heterocycles. The van der Waals surface area contributed by atoms with Crippen molar-refractivity contribution in [3.8, 4) is 11.5 Å². The Bertz CT molecular complexity index is 1080. The lowest BCUT2D eigenvalue weighted by atomic mass is 10.2. The van der Waals surface area contributed by atoms with Crippen LogP contribution in [-0.2, 0) is 0 Å². The lowest BCUT2D eigenvalue weighted by molar-refractivity contribution is -0.384. The maximum absolute atomic E-state index is 10.7. The number of ether oxygens (including phenoxy) is 2. The number of rotatable bonds is 9. The highest BCUT2D eigenvalue weighted by atomic mass is 79.9. The molecule has 0 amide bonds. The highest BCUT2D eigenvalue weighted by Crippen LogP contribution is 2.31. The van der Waals surface area contributed by atoms with Gasteiger partial charge in [-0.1, -0.05) is 39.1 Å². The van der Waals surface area contributed by atoms with Crippen molar-refractivity contribution >= 4 is 56.7 Å². The summed E-state index contributed by atoms with van der Waals surface area (Å²) in [4.78, 5) is 10.3. The van der Waals surface area contributed by atoms with Gasteiger partial charge in [-0.05, 0) is 48.5 Å². The van der Waals surface area contributed by atoms with Gasteiger partial charge in [0.25, 0.3) is 5.69 Å². The van der Waals surface area contributed by atoms with Crippen LogP contribution in [-0.4, -0.2) is 24.4 Å². The van der Waals surface area contributed by atoms with E-state index in [4.69, 9.17) is 32.7 Å². The molecule has 160 valence electrons. The number of nitro benzene ring substituents is 1. The van der Waals surface area contributed by atoms with Crippen molar-refractivity contribution in [1.29, 1.82) is 0 Å². The van der Waals surface area contributed by atoms with E-state index < -0.39 is 4.92 Å². The fourth-order valence-corrected chi connectivity index (χ4v) is 3.32. The summed E-state index contributed by atoms with van der Waals surface area (Å²) >= 11 is 15.8. The Morgan fingerprint density at radius 3 is 2.39 bits per heavy atom. The zero-order valence-electron chi connectivity index (χ0n) is 15.9. The average molecular weight is 525 g/mol. The molecule has 0 aliphatic rings. The molecule has 0 atom stereocenters. The summed E-state index contributed by atoms with van der Waals surface area (Å²) in [6, 6.07) is 16.6. The minimum atomic E-state index is -0.467. The number of nitrogens with zero attached hydrogens (tertiary/aromatic N) is 2. The standard InChI is InChI=1S/C21H16BrCl2N3O4/c22-15-1-7-19(8-2-15)30-9-10-31-21-14(11-16(23)12-20(21)24)13-25-26-17-3-5-18(6-4-17)27(28)29/h1-8,11-13,26H,9-10H2/b25-13+. The molecule has 0 aliphatic heterocycles. The van der Waals surface area contributed by atoms with Crippen LogP contribution in [0.3, 0.4) is 0 Å². The number of non-ortho nitro benzene ring substituents is 1. The molecule has 10 heteroatoms. The first-order chi connectivity index (χ1) is 14.9. The number of hydrazone groups is 1. The Labute approximate surface area is 196 Å². The molecule has 0 radical (unpaired) electrons. The molecule has 3 aromatic carbocycles. The number of hydrogen-bond acceptors (Lipinski definition) is 6. The first-order valence-corrected chi connectivity index (χ1v) is 10.5. The molecular formula is C21H16BrCl2N3O4. The van der Waals surface area contributed by atoms with Crippen molar-refractivity contribution in [2.45, 2.75) is 0 Å². The molecular weight excluding hydrogens is 509 g/mol. The van der Waals surface area contributed by atoms with Gasteiger partial charge >= 0.3 is 0 Å². The quantitative estimate of drug-likeness (QED) is 0.148. The van der Waals surface area contributed by atoms with E-state index >= 15 is 0 Å². The van der Waals surface area contributed by atoms with Crippen LogP contribution in [0.5, 0.6) is 11.5 Å². The Morgan fingerprint density at radius 1 is 1.03 bits per heavy atom. The van der Waals surface area contributed by atoms with Crippen LogP contribution in [0, 0.1) is 10.1 Å². The molecule has 1 N–H and O–H groups in total. The second-order valence-electron chi connectivity index (χ2n) is 6.13. The van der Waals surface area contributed by atoms with Gasteiger partial charge in [0, 0.05) is 27.2 Å². The second-order valence-corrected chi connectivity index (χ2v) is 7.89. The summed E-state index contributed by atoms with van der Waals surface area (Å²) in [5.41, 5.74) is 3.94. The third-order valence-corrected chi connectivity index (χ3v) is 4.95. The molecule has 0 fully saturated rings. The van der Waals surface area contributed by atoms with Gasteiger partial charge in [0.15, 0.2) is 0 Å². The van der Waals surface area contributed by atoms with E-state index in [-0.39, 0.29) is 12.3 Å². The third kappa shape index (κ3) is 6.85. The SMILES string of the molecule is O=[N+]([O-])c1ccc(N/N=C/c2cc(Cl)cc(Cl)c2OCCOc2ccc(Br)cc2)cc1. The highest BCUT2D eigenvalue weighted by molar-refractivity contribution is 9.10. The summed E-state index contributed by atoms with van der Waals surface area (Å²) < 4.78 is 12.4. The molecule has 3 rings (SSSR count). The molecule has 7 nitrogen and oxygen atoms in total. The van der Waals surface area contributed by atoms with Crippen molar-refractivity contribution in [2.75, 3.05) is 18.6 Å². The maximum atomic E-state index is 10.7. The molecule has 31 heavy (non-hydrogen) atoms. The smallest absolute Gasteiger partial charge is 0.269 e. The number of anilines is 1. The van der Waals surface area contributed by atoms with E-state index in [1.165, 1.54) is 18.3 Å². The number of hydrogen-bond donors (Lipinski definition) is 1. The van der Waals surface area contributed by atoms with E-state index in [2.05, 4.69) is 26.5 Å². The van der Waals surface area contributed by atoms with Crippen LogP contribution in [0.1, 0.15) is 5.56 Å². The van der Waals surface area contributed by atoms with Crippen LogP contribution < -0.4 is 14.9 Å². The lowest BCUT2D eigenvalue weighted by Gasteiger charge is -2.12. The minimum absolute atomic E-state index is 0.00260. The molecule has 0 spiro atoms. The normalized spacial score (nSPS) is 10.8. The number of nitrogens with one attached hydrogen (secondary N) is 1. The van der Waals surface area contributed by atoms with Crippen LogP contribution in [0.2, 0.25) is 10.0 Å². The summed E-state index contributed by atoms with van der Waals surface area (Å²) in [6.07, 6.45) is 1.50. The Kier molecular flexibility index (Phi) is 8.11. The van der Waals surface area contributed by atoms with E-state index in [0.717, 1.165) is 10.2 Å². The average Bonchev–Trinajstić information content (AvgIpc) is 2.74. The Morgan fingerprint density at radius 2 is 1.71 bits per heavy atom. The first kappa shape index (κ1) is 22.9.